The van der Waals surface area contributed by atoms with Gasteiger partial charge < -0.3 is 14.4 Å². The van der Waals surface area contributed by atoms with Gasteiger partial charge in [0.25, 0.3) is 0 Å². The van der Waals surface area contributed by atoms with Gasteiger partial charge in [0.05, 0.1) is 41.5 Å². The van der Waals surface area contributed by atoms with Gasteiger partial charge in [-0.25, -0.2) is 27.9 Å². The molecule has 2 aromatic heterocycles. The largest absolute Gasteiger partial charge is 0.478 e. The van der Waals surface area contributed by atoms with Crippen LogP contribution in [0.15, 0.2) is 48.5 Å². The second kappa shape index (κ2) is 11.9. The molecule has 7 nitrogen and oxygen atoms in total. The number of ether oxygens (including phenoxy) is 1. The molecular formula is C31H28ClF3N4O3. The molecule has 0 saturated carbocycles. The summed E-state index contributed by atoms with van der Waals surface area (Å²) in [5.74, 6) is -2.17. The van der Waals surface area contributed by atoms with E-state index in [4.69, 9.17) is 21.3 Å². The van der Waals surface area contributed by atoms with Crippen LogP contribution >= 0.6 is 11.6 Å². The van der Waals surface area contributed by atoms with E-state index >= 15 is 0 Å². The monoisotopic (exact) mass is 596 g/mol. The summed E-state index contributed by atoms with van der Waals surface area (Å²) < 4.78 is 51.3. The zero-order valence-electron chi connectivity index (χ0n) is 22.6. The molecule has 42 heavy (non-hydrogen) atoms. The van der Waals surface area contributed by atoms with Crippen molar-refractivity contribution in [1.82, 2.24) is 19.4 Å². The smallest absolute Gasteiger partial charge is 0.335 e. The first-order chi connectivity index (χ1) is 20.2. The van der Waals surface area contributed by atoms with Crippen LogP contribution in [0, 0.1) is 17.5 Å². The molecule has 1 fully saturated rings. The highest BCUT2D eigenvalue weighted by molar-refractivity contribution is 6.30. The number of benzene rings is 2. The highest BCUT2D eigenvalue weighted by Gasteiger charge is 2.25. The fourth-order valence-electron chi connectivity index (χ4n) is 5.41. The lowest BCUT2D eigenvalue weighted by Crippen LogP contribution is -2.33. The average Bonchev–Trinajstić information content (AvgIpc) is 3.27. The number of aromatic carboxylic acids is 1. The highest BCUT2D eigenvalue weighted by Crippen LogP contribution is 2.28. The van der Waals surface area contributed by atoms with Gasteiger partial charge in [0.1, 0.15) is 23.2 Å². The molecule has 2 aliphatic heterocycles. The van der Waals surface area contributed by atoms with Crippen LogP contribution in [0.3, 0.4) is 0 Å². The molecule has 0 bridgehead atoms. The Morgan fingerprint density at radius 2 is 1.88 bits per heavy atom. The van der Waals surface area contributed by atoms with E-state index < -0.39 is 23.4 Å². The van der Waals surface area contributed by atoms with Gasteiger partial charge in [0, 0.05) is 30.8 Å². The van der Waals surface area contributed by atoms with E-state index in [2.05, 4.69) is 9.88 Å². The molecule has 0 aliphatic carbocycles. The minimum Gasteiger partial charge on any atom is -0.478 e. The maximum atomic E-state index is 14.9. The van der Waals surface area contributed by atoms with Crippen LogP contribution < -0.4 is 0 Å². The Bertz CT molecular complexity index is 1700. The molecule has 0 unspecified atom stereocenters. The van der Waals surface area contributed by atoms with Crippen molar-refractivity contribution >= 4 is 34.2 Å². The van der Waals surface area contributed by atoms with E-state index in [9.17, 15) is 23.1 Å². The number of aromatic nitrogens is 3. The fraction of sp³-hybridized carbons (Fsp3) is 0.323. The number of hydrogen-bond acceptors (Lipinski definition) is 5. The quantitative estimate of drug-likeness (QED) is 0.253. The van der Waals surface area contributed by atoms with Crippen molar-refractivity contribution in [1.29, 1.82) is 0 Å². The SMILES string of the molecule is O=C(O)c1ccc2nc(CN3CC=C(c4nc(CCc5ccc(Cl)cc5F)c(F)cc4F)CC3)n(C[C@@H]3CCO3)c2c1. The van der Waals surface area contributed by atoms with Gasteiger partial charge in [-0.05, 0) is 67.2 Å². The molecule has 1 atom stereocenters. The Morgan fingerprint density at radius 3 is 2.57 bits per heavy atom. The Hall–Kier alpha value is -3.73. The summed E-state index contributed by atoms with van der Waals surface area (Å²) in [6.07, 6.45) is 3.68. The first-order valence-corrected chi connectivity index (χ1v) is 14.2. The van der Waals surface area contributed by atoms with E-state index in [-0.39, 0.29) is 40.9 Å². The Balaban J connectivity index is 1.19. The van der Waals surface area contributed by atoms with Crippen LogP contribution in [-0.4, -0.2) is 56.3 Å². The summed E-state index contributed by atoms with van der Waals surface area (Å²) >= 11 is 5.82. The van der Waals surface area contributed by atoms with Crippen LogP contribution in [0.1, 0.15) is 46.0 Å². The van der Waals surface area contributed by atoms with Crippen LogP contribution in [0.5, 0.6) is 0 Å². The van der Waals surface area contributed by atoms with Crippen molar-refractivity contribution in [3.63, 3.8) is 0 Å². The average molecular weight is 597 g/mol. The summed E-state index contributed by atoms with van der Waals surface area (Å²) in [6, 6.07) is 10.1. The predicted molar refractivity (Wildman–Crippen MR) is 152 cm³/mol. The standard InChI is InChI=1S/C31H28ClF3N4O3/c32-21-4-1-18(23(33)14-21)2-5-26-24(34)15-25(35)30(37-26)19-7-10-38(11-8-19)17-29-36-27-6-3-20(31(40)41)13-28(27)39(29)16-22-9-12-42-22/h1,3-4,6-7,13-15,22H,2,5,8-12,16-17H2,(H,40,41)/t22-/m0/s1. The normalized spacial score (nSPS) is 17.3. The fourth-order valence-corrected chi connectivity index (χ4v) is 5.57. The second-order valence-corrected chi connectivity index (χ2v) is 11.1. The lowest BCUT2D eigenvalue weighted by Gasteiger charge is -2.29. The second-order valence-electron chi connectivity index (χ2n) is 10.6. The molecule has 0 amide bonds. The summed E-state index contributed by atoms with van der Waals surface area (Å²) in [4.78, 5) is 22.8. The van der Waals surface area contributed by atoms with Crippen LogP contribution in [-0.2, 0) is 30.7 Å². The van der Waals surface area contributed by atoms with Crippen LogP contribution in [0.2, 0.25) is 5.02 Å². The number of hydrogen-bond donors (Lipinski definition) is 1. The maximum Gasteiger partial charge on any atom is 0.335 e. The van der Waals surface area contributed by atoms with Gasteiger partial charge in [-0.3, -0.25) is 4.90 Å². The Labute approximate surface area is 245 Å². The third kappa shape index (κ3) is 5.92. The number of fused-ring (bicyclic) bond motifs is 1. The van der Waals surface area contributed by atoms with Crippen molar-refractivity contribution in [3.05, 3.63) is 99.4 Å². The third-order valence-electron chi connectivity index (χ3n) is 7.86. The van der Waals surface area contributed by atoms with Crippen LogP contribution in [0.25, 0.3) is 16.6 Å². The molecule has 1 saturated heterocycles. The minimum absolute atomic E-state index is 0.0559. The van der Waals surface area contributed by atoms with Gasteiger partial charge in [0.2, 0.25) is 0 Å². The molecule has 6 rings (SSSR count). The van der Waals surface area contributed by atoms with Crippen molar-refractivity contribution < 1.29 is 27.8 Å². The molecule has 0 radical (unpaired) electrons. The van der Waals surface area contributed by atoms with Gasteiger partial charge in [-0.15, -0.1) is 0 Å². The topological polar surface area (TPSA) is 80.5 Å². The summed E-state index contributed by atoms with van der Waals surface area (Å²) in [5, 5.41) is 9.75. The highest BCUT2D eigenvalue weighted by atomic mass is 35.5. The molecule has 2 aromatic carbocycles. The van der Waals surface area contributed by atoms with Crippen molar-refractivity contribution in [3.8, 4) is 0 Å². The lowest BCUT2D eigenvalue weighted by molar-refractivity contribution is -0.0591. The zero-order valence-corrected chi connectivity index (χ0v) is 23.4. The number of nitrogens with zero attached hydrogens (tertiary/aromatic N) is 4. The lowest BCUT2D eigenvalue weighted by atomic mass is 10.0. The molecule has 4 aromatic rings. The van der Waals surface area contributed by atoms with Crippen molar-refractivity contribution in [2.45, 2.75) is 44.9 Å². The van der Waals surface area contributed by atoms with Crippen LogP contribution in [0.4, 0.5) is 13.2 Å². The van der Waals surface area contributed by atoms with E-state index in [0.29, 0.717) is 55.9 Å². The number of carboxylic acid groups (broad SMARTS) is 1. The number of imidazole rings is 1. The zero-order chi connectivity index (χ0) is 29.4. The van der Waals surface area contributed by atoms with E-state index in [1.165, 1.54) is 6.07 Å². The number of carbonyl (C=O) groups is 1. The summed E-state index contributed by atoms with van der Waals surface area (Å²) in [7, 11) is 0. The van der Waals surface area contributed by atoms with E-state index in [0.717, 1.165) is 23.8 Å². The number of carboxylic acids is 1. The molecule has 4 heterocycles. The van der Waals surface area contributed by atoms with Gasteiger partial charge >= 0.3 is 5.97 Å². The van der Waals surface area contributed by atoms with E-state index in [1.807, 2.05) is 10.6 Å². The van der Waals surface area contributed by atoms with Gasteiger partial charge in [-0.2, -0.15) is 0 Å². The summed E-state index contributed by atoms with van der Waals surface area (Å²) in [5.41, 5.74) is 2.92. The minimum atomic E-state index is -0.998. The Kier molecular flexibility index (Phi) is 8.02. The number of halogens is 4. The first kappa shape index (κ1) is 28.4. The number of rotatable bonds is 9. The van der Waals surface area contributed by atoms with Gasteiger partial charge in [0.15, 0.2) is 5.82 Å². The first-order valence-electron chi connectivity index (χ1n) is 13.8. The van der Waals surface area contributed by atoms with E-state index in [1.54, 1.807) is 30.3 Å². The predicted octanol–water partition coefficient (Wildman–Crippen LogP) is 6.06. The van der Waals surface area contributed by atoms with Crippen molar-refractivity contribution in [2.24, 2.45) is 0 Å². The molecule has 1 N–H and O–H groups in total. The third-order valence-corrected chi connectivity index (χ3v) is 8.10. The Morgan fingerprint density at radius 1 is 1.05 bits per heavy atom. The van der Waals surface area contributed by atoms with Crippen molar-refractivity contribution in [2.75, 3.05) is 19.7 Å². The number of aryl methyl sites for hydroxylation is 2. The molecule has 218 valence electrons. The number of pyridine rings is 1. The molecule has 11 heteroatoms. The summed E-state index contributed by atoms with van der Waals surface area (Å²) in [6.45, 7) is 2.89. The van der Waals surface area contributed by atoms with Gasteiger partial charge in [-0.1, -0.05) is 23.7 Å². The molecule has 2 aliphatic rings. The molecule has 0 spiro atoms. The maximum absolute atomic E-state index is 14.9. The molecular weight excluding hydrogens is 569 g/mol.